The van der Waals surface area contributed by atoms with E-state index < -0.39 is 45.6 Å². The normalized spacial score (nSPS) is 18.7. The molecule has 13 heteroatoms. The van der Waals surface area contributed by atoms with Crippen molar-refractivity contribution in [2.45, 2.75) is 29.7 Å². The number of carbonyl (C=O) groups excluding carboxylic acids is 4. The number of aromatic nitrogens is 1. The number of hydrogen-bond acceptors (Lipinski definition) is 10. The van der Waals surface area contributed by atoms with Crippen molar-refractivity contribution in [3.05, 3.63) is 98.5 Å². The molecule has 2 unspecified atom stereocenters. The number of phenolic OH excluding ortho intramolecular Hbond substituents is 1. The number of benzene rings is 3. The van der Waals surface area contributed by atoms with Crippen LogP contribution in [-0.4, -0.2) is 52.3 Å². The van der Waals surface area contributed by atoms with Gasteiger partial charge in [-0.2, -0.15) is 0 Å². The van der Waals surface area contributed by atoms with Gasteiger partial charge >= 0.3 is 10.8 Å². The van der Waals surface area contributed by atoms with Gasteiger partial charge in [-0.25, -0.2) is 9.69 Å². The lowest BCUT2D eigenvalue weighted by Crippen LogP contribution is -2.33. The van der Waals surface area contributed by atoms with Gasteiger partial charge in [0.2, 0.25) is 17.7 Å². The number of nitrogens with zero attached hydrogens (tertiary/aromatic N) is 2. The van der Waals surface area contributed by atoms with Crippen molar-refractivity contribution in [1.82, 2.24) is 4.57 Å². The number of nitrogens with one attached hydrogen (secondary N) is 1. The molecule has 2 aliphatic heterocycles. The zero-order chi connectivity index (χ0) is 31.8. The highest BCUT2D eigenvalue weighted by molar-refractivity contribution is 8.00. The number of rotatable bonds is 8. The fourth-order valence-corrected chi connectivity index (χ4v) is 8.30. The van der Waals surface area contributed by atoms with Crippen LogP contribution in [0.2, 0.25) is 0 Å². The third-order valence-electron chi connectivity index (χ3n) is 7.61. The van der Waals surface area contributed by atoms with Crippen LogP contribution in [0.4, 0.5) is 11.4 Å². The number of ether oxygens (including phenoxy) is 2. The summed E-state index contributed by atoms with van der Waals surface area (Å²) in [5.41, 5.74) is 1.77. The fraction of sp³-hybridized carbons (Fsp3) is 0.219. The summed E-state index contributed by atoms with van der Waals surface area (Å²) in [5.74, 6) is -2.68. The Morgan fingerprint density at radius 3 is 2.27 bits per heavy atom. The number of thiazole rings is 1. The molecule has 1 saturated heterocycles. The number of carbonyl (C=O) groups is 4. The van der Waals surface area contributed by atoms with E-state index in [1.54, 1.807) is 38.3 Å². The lowest BCUT2D eigenvalue weighted by Gasteiger charge is -2.30. The highest BCUT2D eigenvalue weighted by Gasteiger charge is 2.56. The first-order valence-corrected chi connectivity index (χ1v) is 15.7. The lowest BCUT2D eigenvalue weighted by molar-refractivity contribution is -0.122. The summed E-state index contributed by atoms with van der Waals surface area (Å²) in [5, 5.41) is 11.8. The second kappa shape index (κ2) is 12.3. The predicted molar refractivity (Wildman–Crippen MR) is 168 cm³/mol. The van der Waals surface area contributed by atoms with Crippen LogP contribution < -0.4 is 19.8 Å². The van der Waals surface area contributed by atoms with E-state index in [9.17, 15) is 29.1 Å². The molecule has 0 spiro atoms. The lowest BCUT2D eigenvalue weighted by atomic mass is 9.83. The highest BCUT2D eigenvalue weighted by atomic mass is 32.2. The summed E-state index contributed by atoms with van der Waals surface area (Å²) >= 11 is 2.05. The summed E-state index contributed by atoms with van der Waals surface area (Å²) in [6, 6.07) is 19.1. The van der Waals surface area contributed by atoms with E-state index >= 15 is 0 Å². The monoisotopic (exact) mass is 645 g/mol. The summed E-state index contributed by atoms with van der Waals surface area (Å²) in [6.45, 7) is 1.60. The first kappa shape index (κ1) is 30.2. The van der Waals surface area contributed by atoms with Crippen molar-refractivity contribution in [3.8, 4) is 11.5 Å². The van der Waals surface area contributed by atoms with Crippen molar-refractivity contribution >= 4 is 58.2 Å². The third-order valence-corrected chi connectivity index (χ3v) is 10.2. The van der Waals surface area contributed by atoms with Gasteiger partial charge in [-0.15, -0.1) is 0 Å². The Labute approximate surface area is 265 Å². The summed E-state index contributed by atoms with van der Waals surface area (Å²) < 4.78 is 11.7. The zero-order valence-electron chi connectivity index (χ0n) is 24.1. The first-order valence-electron chi connectivity index (χ1n) is 14.0. The topological polar surface area (TPSA) is 144 Å². The van der Waals surface area contributed by atoms with E-state index in [1.165, 1.54) is 53.1 Å². The molecule has 11 nitrogen and oxygen atoms in total. The third kappa shape index (κ3) is 5.60. The van der Waals surface area contributed by atoms with Crippen molar-refractivity contribution < 1.29 is 33.8 Å². The SMILES string of the molecule is CCOC(=O)c1ccc(N2C(=O)C3Sc4c(sc(=O)n4CC(=O)Nc4ccc(O)cc4)[C@H](c4ccc(OC)cc4)C3C2=O)cc1. The number of esters is 1. The van der Waals surface area contributed by atoms with E-state index in [4.69, 9.17) is 9.47 Å². The standard InChI is InChI=1S/C32H27N3O8S2/c1-3-43-31(40)18-4-10-20(11-5-18)35-28(38)25-24(17-6-14-22(42-2)15-7-17)27-30(44-26(25)29(35)39)34(32(41)45-27)16-23(37)33-19-8-12-21(36)13-9-19/h4-15,24-26,36H,3,16H2,1-2H3,(H,33,37)/t24-,25?,26?/m1/s1. The minimum absolute atomic E-state index is 0.0476. The molecule has 2 aliphatic rings. The van der Waals surface area contributed by atoms with Crippen LogP contribution in [-0.2, 0) is 25.7 Å². The Morgan fingerprint density at radius 1 is 0.933 bits per heavy atom. The van der Waals surface area contributed by atoms with E-state index in [1.807, 2.05) is 0 Å². The number of hydrogen-bond donors (Lipinski definition) is 2. The number of thioether (sulfide) groups is 1. The maximum atomic E-state index is 14.1. The Bertz CT molecular complexity index is 1850. The molecule has 1 fully saturated rings. The van der Waals surface area contributed by atoms with Gasteiger partial charge in [0.25, 0.3) is 0 Å². The van der Waals surface area contributed by atoms with Crippen LogP contribution >= 0.6 is 23.1 Å². The Kier molecular flexibility index (Phi) is 8.21. The number of methoxy groups -OCH3 is 1. The molecule has 230 valence electrons. The van der Waals surface area contributed by atoms with Gasteiger partial charge in [0.15, 0.2) is 0 Å². The van der Waals surface area contributed by atoms with Gasteiger partial charge in [0, 0.05) is 16.5 Å². The number of phenols is 1. The molecule has 0 saturated carbocycles. The number of imide groups is 1. The molecule has 3 aromatic carbocycles. The molecule has 2 N–H and O–H groups in total. The first-order chi connectivity index (χ1) is 21.7. The minimum atomic E-state index is -0.873. The van der Waals surface area contributed by atoms with Gasteiger partial charge in [-0.1, -0.05) is 35.2 Å². The molecule has 6 rings (SSSR count). The van der Waals surface area contributed by atoms with E-state index in [2.05, 4.69) is 5.32 Å². The van der Waals surface area contributed by atoms with Crippen LogP contribution in [0.3, 0.4) is 0 Å². The molecule has 45 heavy (non-hydrogen) atoms. The van der Waals surface area contributed by atoms with Gasteiger partial charge in [0.1, 0.15) is 23.3 Å². The van der Waals surface area contributed by atoms with Crippen molar-refractivity contribution in [1.29, 1.82) is 0 Å². The average Bonchev–Trinajstić information content (AvgIpc) is 3.48. The molecule has 0 bridgehead atoms. The van der Waals surface area contributed by atoms with E-state index in [-0.39, 0.29) is 18.9 Å². The van der Waals surface area contributed by atoms with Crippen LogP contribution in [0, 0.1) is 5.92 Å². The molecule has 1 aromatic heterocycles. The summed E-state index contributed by atoms with van der Waals surface area (Å²) in [4.78, 5) is 67.9. The fourth-order valence-electron chi connectivity index (χ4n) is 5.53. The van der Waals surface area contributed by atoms with Gasteiger partial charge in [-0.3, -0.25) is 23.7 Å². The summed E-state index contributed by atoms with van der Waals surface area (Å²) in [7, 11) is 1.54. The molecule has 0 radical (unpaired) electrons. The Balaban J connectivity index is 1.37. The second-order valence-electron chi connectivity index (χ2n) is 10.3. The Hall–Kier alpha value is -4.88. The van der Waals surface area contributed by atoms with Crippen LogP contribution in [0.1, 0.15) is 33.6 Å². The highest BCUT2D eigenvalue weighted by Crippen LogP contribution is 2.54. The van der Waals surface area contributed by atoms with E-state index in [0.29, 0.717) is 32.6 Å². The van der Waals surface area contributed by atoms with Crippen molar-refractivity contribution in [3.63, 3.8) is 0 Å². The van der Waals surface area contributed by atoms with Crippen LogP contribution in [0.5, 0.6) is 11.5 Å². The molecule has 0 aliphatic carbocycles. The van der Waals surface area contributed by atoms with Gasteiger partial charge in [0.05, 0.1) is 35.9 Å². The second-order valence-corrected chi connectivity index (χ2v) is 12.4. The Morgan fingerprint density at radius 2 is 1.62 bits per heavy atom. The quantitative estimate of drug-likeness (QED) is 0.163. The molecule has 3 amide bonds. The predicted octanol–water partition coefficient (Wildman–Crippen LogP) is 4.24. The molecular weight excluding hydrogens is 618 g/mol. The van der Waals surface area contributed by atoms with Crippen LogP contribution in [0.15, 0.2) is 82.6 Å². The molecule has 4 aromatic rings. The summed E-state index contributed by atoms with van der Waals surface area (Å²) in [6.07, 6.45) is 0. The number of amides is 3. The van der Waals surface area contributed by atoms with Crippen molar-refractivity contribution in [2.24, 2.45) is 5.92 Å². The number of anilines is 2. The zero-order valence-corrected chi connectivity index (χ0v) is 25.7. The number of fused-ring (bicyclic) bond motifs is 2. The minimum Gasteiger partial charge on any atom is -0.508 e. The largest absolute Gasteiger partial charge is 0.508 e. The van der Waals surface area contributed by atoms with Crippen molar-refractivity contribution in [2.75, 3.05) is 23.9 Å². The average molecular weight is 646 g/mol. The molecule has 3 heterocycles. The van der Waals surface area contributed by atoms with E-state index in [0.717, 1.165) is 33.6 Å². The van der Waals surface area contributed by atoms with Crippen LogP contribution in [0.25, 0.3) is 0 Å². The maximum absolute atomic E-state index is 14.1. The van der Waals surface area contributed by atoms with Gasteiger partial charge < -0.3 is 19.9 Å². The van der Waals surface area contributed by atoms with Gasteiger partial charge in [-0.05, 0) is 73.2 Å². The molecular formula is C32H27N3O8S2. The maximum Gasteiger partial charge on any atom is 0.338 e. The smallest absolute Gasteiger partial charge is 0.338 e. The number of aromatic hydroxyl groups is 1. The molecule has 3 atom stereocenters.